The number of rotatable bonds is 6. The van der Waals surface area contributed by atoms with Crippen LogP contribution in [0.3, 0.4) is 0 Å². The van der Waals surface area contributed by atoms with Crippen molar-refractivity contribution in [1.29, 1.82) is 0 Å². The molecule has 0 amide bonds. The minimum absolute atomic E-state index is 0.273. The van der Waals surface area contributed by atoms with E-state index < -0.39 is 16.6 Å². The Morgan fingerprint density at radius 3 is 1.70 bits per heavy atom. The van der Waals surface area contributed by atoms with Gasteiger partial charge in [-0.1, -0.05) is 47.6 Å². The summed E-state index contributed by atoms with van der Waals surface area (Å²) in [6.45, 7) is 24.8. The second-order valence-corrected chi connectivity index (χ2v) is 20.6. The van der Waals surface area contributed by atoms with Crippen LogP contribution in [0, 0.1) is 5.92 Å². The lowest BCUT2D eigenvalue weighted by atomic mass is 10.1. The maximum absolute atomic E-state index is 6.44. The van der Waals surface area contributed by atoms with Crippen LogP contribution < -0.4 is 0 Å². The summed E-state index contributed by atoms with van der Waals surface area (Å²) >= 11 is 1.91. The molecule has 5 heteroatoms. The fourth-order valence-corrected chi connectivity index (χ4v) is 5.03. The van der Waals surface area contributed by atoms with Crippen LogP contribution in [0.2, 0.25) is 36.3 Å². The molecule has 0 aliphatic carbocycles. The van der Waals surface area contributed by atoms with Gasteiger partial charge in [-0.3, -0.25) is 0 Å². The lowest BCUT2D eigenvalue weighted by Crippen LogP contribution is -2.44. The molecule has 1 heterocycles. The summed E-state index contributed by atoms with van der Waals surface area (Å²) < 4.78 is 12.9. The van der Waals surface area contributed by atoms with E-state index in [0.717, 1.165) is 13.2 Å². The highest BCUT2D eigenvalue weighted by Crippen LogP contribution is 2.40. The van der Waals surface area contributed by atoms with E-state index >= 15 is 0 Å². The topological polar surface area (TPSA) is 18.5 Å². The summed E-state index contributed by atoms with van der Waals surface area (Å²) in [4.78, 5) is 0. The molecule has 0 aromatic carbocycles. The molecule has 0 fully saturated rings. The summed E-state index contributed by atoms with van der Waals surface area (Å²) in [6, 6.07) is 0. The molecule has 2 atom stereocenters. The van der Waals surface area contributed by atoms with E-state index in [1.807, 2.05) is 11.8 Å². The van der Waals surface area contributed by atoms with E-state index in [4.69, 9.17) is 8.85 Å². The molecule has 0 aromatic rings. The summed E-state index contributed by atoms with van der Waals surface area (Å²) in [6.07, 6.45) is 2.32. The van der Waals surface area contributed by atoms with Gasteiger partial charge in [-0.15, -0.1) is 11.8 Å². The predicted molar refractivity (Wildman–Crippen MR) is 110 cm³/mol. The first-order valence-electron chi connectivity index (χ1n) is 8.77. The first-order valence-corrected chi connectivity index (χ1v) is 15.5. The Hall–Kier alpha value is 0.444. The van der Waals surface area contributed by atoms with Gasteiger partial charge < -0.3 is 8.85 Å². The number of hydrogen-bond donors (Lipinski definition) is 0. The standard InChI is InChI=1S/C18H38O2SSi2/c1-17(2,3)22(7,8)19-13-15-11-12-21-16(15)14-20-23(9,10)18(4,5)6/h11-12,15-16H,13-14H2,1-10H3/t15-,16-/m1/s1. The summed E-state index contributed by atoms with van der Waals surface area (Å²) in [5.41, 5.74) is 0. The van der Waals surface area contributed by atoms with Crippen LogP contribution in [0.25, 0.3) is 0 Å². The van der Waals surface area contributed by atoms with Crippen molar-refractivity contribution in [2.24, 2.45) is 5.92 Å². The van der Waals surface area contributed by atoms with Crippen LogP contribution in [0.5, 0.6) is 0 Å². The summed E-state index contributed by atoms with van der Waals surface area (Å²) in [7, 11) is -3.33. The van der Waals surface area contributed by atoms with Crippen molar-refractivity contribution in [1.82, 2.24) is 0 Å². The van der Waals surface area contributed by atoms with Gasteiger partial charge in [0.05, 0.1) is 0 Å². The van der Waals surface area contributed by atoms with Gasteiger partial charge in [-0.25, -0.2) is 0 Å². The maximum atomic E-state index is 6.44. The third-order valence-corrected chi connectivity index (χ3v) is 16.1. The highest BCUT2D eigenvalue weighted by molar-refractivity contribution is 8.03. The second-order valence-electron chi connectivity index (χ2n) is 9.81. The molecule has 0 N–H and O–H groups in total. The van der Waals surface area contributed by atoms with E-state index in [2.05, 4.69) is 79.2 Å². The van der Waals surface area contributed by atoms with E-state index in [0.29, 0.717) is 11.2 Å². The SMILES string of the molecule is CC(C)(C)[Si](C)(C)OC[C@H]1C=CS[C@@H]1CO[Si](C)(C)C(C)(C)C. The fraction of sp³-hybridized carbons (Fsp3) is 0.889. The zero-order valence-corrected chi connectivity index (χ0v) is 19.8. The molecule has 0 radical (unpaired) electrons. The average molecular weight is 375 g/mol. The molecule has 1 aliphatic rings. The Bertz CT molecular complexity index is 420. The minimum atomic E-state index is -1.67. The third-order valence-electron chi connectivity index (χ3n) is 5.91. The minimum Gasteiger partial charge on any atom is -0.416 e. The molecular weight excluding hydrogens is 336 g/mol. The monoisotopic (exact) mass is 374 g/mol. The van der Waals surface area contributed by atoms with Gasteiger partial charge in [-0.05, 0) is 41.7 Å². The molecule has 2 nitrogen and oxygen atoms in total. The number of hydrogen-bond acceptors (Lipinski definition) is 3. The largest absolute Gasteiger partial charge is 0.416 e. The first kappa shape index (κ1) is 21.5. The predicted octanol–water partition coefficient (Wildman–Crippen LogP) is 6.28. The second kappa shape index (κ2) is 7.36. The van der Waals surface area contributed by atoms with Crippen molar-refractivity contribution in [3.8, 4) is 0 Å². The molecule has 136 valence electrons. The third kappa shape index (κ3) is 5.73. The van der Waals surface area contributed by atoms with Crippen molar-refractivity contribution in [2.45, 2.75) is 83.1 Å². The van der Waals surface area contributed by atoms with Crippen LogP contribution in [0.1, 0.15) is 41.5 Å². The molecule has 0 bridgehead atoms. The molecule has 0 unspecified atom stereocenters. The van der Waals surface area contributed by atoms with E-state index in [-0.39, 0.29) is 10.1 Å². The van der Waals surface area contributed by atoms with Crippen LogP contribution in [-0.4, -0.2) is 35.1 Å². The molecule has 0 aromatic heterocycles. The lowest BCUT2D eigenvalue weighted by molar-refractivity contribution is 0.218. The zero-order valence-electron chi connectivity index (χ0n) is 16.9. The molecule has 1 rings (SSSR count). The average Bonchev–Trinajstić information content (AvgIpc) is 2.78. The zero-order chi connectivity index (χ0) is 18.1. The van der Waals surface area contributed by atoms with Crippen molar-refractivity contribution >= 4 is 28.4 Å². The van der Waals surface area contributed by atoms with Crippen LogP contribution >= 0.6 is 11.8 Å². The normalized spacial score (nSPS) is 23.6. The van der Waals surface area contributed by atoms with Crippen molar-refractivity contribution in [2.75, 3.05) is 13.2 Å². The van der Waals surface area contributed by atoms with Gasteiger partial charge in [0.25, 0.3) is 0 Å². The van der Waals surface area contributed by atoms with E-state index in [9.17, 15) is 0 Å². The van der Waals surface area contributed by atoms with Gasteiger partial charge >= 0.3 is 0 Å². The quantitative estimate of drug-likeness (QED) is 0.510. The highest BCUT2D eigenvalue weighted by Gasteiger charge is 2.40. The maximum Gasteiger partial charge on any atom is 0.192 e. The Morgan fingerprint density at radius 2 is 1.26 bits per heavy atom. The van der Waals surface area contributed by atoms with Gasteiger partial charge in [-0.2, -0.15) is 0 Å². The highest BCUT2D eigenvalue weighted by atomic mass is 32.2. The van der Waals surface area contributed by atoms with Crippen molar-refractivity contribution in [3.05, 3.63) is 11.5 Å². The Labute approximate surface area is 151 Å². The van der Waals surface area contributed by atoms with Crippen LogP contribution in [0.4, 0.5) is 0 Å². The molecule has 0 spiro atoms. The smallest absolute Gasteiger partial charge is 0.192 e. The van der Waals surface area contributed by atoms with Gasteiger partial charge in [0.2, 0.25) is 0 Å². The lowest BCUT2D eigenvalue weighted by Gasteiger charge is -2.39. The van der Waals surface area contributed by atoms with Crippen LogP contribution in [0.15, 0.2) is 11.5 Å². The first-order chi connectivity index (χ1) is 10.2. The molecular formula is C18H38O2SSi2. The molecule has 1 aliphatic heterocycles. The van der Waals surface area contributed by atoms with Crippen LogP contribution in [-0.2, 0) is 8.85 Å². The Morgan fingerprint density at radius 1 is 0.826 bits per heavy atom. The Kier molecular flexibility index (Phi) is 6.88. The summed E-state index contributed by atoms with van der Waals surface area (Å²) in [5.74, 6) is 0.485. The van der Waals surface area contributed by atoms with Gasteiger partial charge in [0.15, 0.2) is 16.6 Å². The Balaban J connectivity index is 2.57. The summed E-state index contributed by atoms with van der Waals surface area (Å²) in [5, 5.41) is 3.29. The molecule has 23 heavy (non-hydrogen) atoms. The fourth-order valence-electron chi connectivity index (χ4n) is 1.83. The van der Waals surface area contributed by atoms with Gasteiger partial charge in [0.1, 0.15) is 0 Å². The van der Waals surface area contributed by atoms with E-state index in [1.54, 1.807) is 0 Å². The van der Waals surface area contributed by atoms with E-state index in [1.165, 1.54) is 0 Å². The van der Waals surface area contributed by atoms with Gasteiger partial charge in [0, 0.05) is 24.4 Å². The molecule has 0 saturated heterocycles. The number of thioether (sulfide) groups is 1. The van der Waals surface area contributed by atoms with Crippen molar-refractivity contribution < 1.29 is 8.85 Å². The molecule has 0 saturated carbocycles. The van der Waals surface area contributed by atoms with Crippen molar-refractivity contribution in [3.63, 3.8) is 0 Å².